The predicted molar refractivity (Wildman–Crippen MR) is 108 cm³/mol. The minimum Gasteiger partial charge on any atom is -0.450 e. The SMILES string of the molecule is Cc1cc(-c2cccc([N+](=O)[O-])c2)c(Cl)cc1C1C(=O)OC2(CCCCC2)C1=O. The van der Waals surface area contributed by atoms with Crippen molar-refractivity contribution in [3.8, 4) is 11.1 Å². The van der Waals surface area contributed by atoms with E-state index in [2.05, 4.69) is 0 Å². The van der Waals surface area contributed by atoms with Crippen molar-refractivity contribution in [3.63, 3.8) is 0 Å². The van der Waals surface area contributed by atoms with Gasteiger partial charge in [0.1, 0.15) is 5.92 Å². The second kappa shape index (κ2) is 7.26. The number of non-ortho nitro benzene ring substituents is 1. The molecule has 29 heavy (non-hydrogen) atoms. The molecule has 2 aromatic rings. The summed E-state index contributed by atoms with van der Waals surface area (Å²) in [4.78, 5) is 36.4. The highest BCUT2D eigenvalue weighted by atomic mass is 35.5. The zero-order valence-corrected chi connectivity index (χ0v) is 16.7. The molecule has 4 rings (SSSR count). The molecule has 2 fully saturated rings. The molecule has 1 unspecified atom stereocenters. The average molecular weight is 414 g/mol. The molecule has 1 heterocycles. The molecule has 1 aliphatic heterocycles. The Kier molecular flexibility index (Phi) is 4.90. The number of carbonyl (C=O) groups is 2. The third-order valence-corrected chi connectivity index (χ3v) is 6.25. The summed E-state index contributed by atoms with van der Waals surface area (Å²) in [6.45, 7) is 1.80. The summed E-state index contributed by atoms with van der Waals surface area (Å²) in [5.41, 5.74) is 1.46. The van der Waals surface area contributed by atoms with Gasteiger partial charge in [0.05, 0.1) is 4.92 Å². The number of rotatable bonds is 3. The molecule has 0 amide bonds. The van der Waals surface area contributed by atoms with Gasteiger partial charge in [-0.1, -0.05) is 30.2 Å². The molecule has 6 nitrogen and oxygen atoms in total. The number of hydrogen-bond donors (Lipinski definition) is 0. The molecular formula is C22H20ClNO5. The number of ketones is 1. The summed E-state index contributed by atoms with van der Waals surface area (Å²) in [5.74, 6) is -1.66. The first-order chi connectivity index (χ1) is 13.8. The summed E-state index contributed by atoms with van der Waals surface area (Å²) in [7, 11) is 0. The zero-order chi connectivity index (χ0) is 20.8. The van der Waals surface area contributed by atoms with Crippen LogP contribution in [0, 0.1) is 17.0 Å². The normalized spacial score (nSPS) is 20.7. The Morgan fingerprint density at radius 3 is 2.55 bits per heavy atom. The molecule has 2 aliphatic rings. The van der Waals surface area contributed by atoms with E-state index in [0.29, 0.717) is 34.6 Å². The van der Waals surface area contributed by atoms with Gasteiger partial charge in [-0.25, -0.2) is 0 Å². The Morgan fingerprint density at radius 1 is 1.14 bits per heavy atom. The van der Waals surface area contributed by atoms with Crippen molar-refractivity contribution in [1.29, 1.82) is 0 Å². The molecule has 1 atom stereocenters. The number of Topliss-reactive ketones (excluding diaryl/α,β-unsaturated/α-hetero) is 1. The van der Waals surface area contributed by atoms with Gasteiger partial charge in [0.2, 0.25) is 0 Å². The molecule has 0 radical (unpaired) electrons. The maximum Gasteiger partial charge on any atom is 0.322 e. The van der Waals surface area contributed by atoms with Crippen LogP contribution in [-0.2, 0) is 14.3 Å². The molecule has 1 aliphatic carbocycles. The Hall–Kier alpha value is -2.73. The fourth-order valence-electron chi connectivity index (χ4n) is 4.43. The smallest absolute Gasteiger partial charge is 0.322 e. The molecule has 0 bridgehead atoms. The summed E-state index contributed by atoms with van der Waals surface area (Å²) in [5, 5.41) is 11.4. The van der Waals surface area contributed by atoms with Gasteiger partial charge < -0.3 is 4.74 Å². The topological polar surface area (TPSA) is 86.5 Å². The number of halogens is 1. The second-order valence-corrected chi connectivity index (χ2v) is 8.18. The van der Waals surface area contributed by atoms with Crippen LogP contribution in [0.2, 0.25) is 5.02 Å². The molecule has 7 heteroatoms. The van der Waals surface area contributed by atoms with Gasteiger partial charge in [0, 0.05) is 22.7 Å². The first-order valence-electron chi connectivity index (χ1n) is 9.64. The van der Waals surface area contributed by atoms with Crippen LogP contribution in [0.3, 0.4) is 0 Å². The highest BCUT2D eigenvalue weighted by molar-refractivity contribution is 6.33. The number of carbonyl (C=O) groups excluding carboxylic acids is 2. The van der Waals surface area contributed by atoms with E-state index in [0.717, 1.165) is 24.8 Å². The number of nitro groups is 1. The van der Waals surface area contributed by atoms with Crippen molar-refractivity contribution in [2.24, 2.45) is 0 Å². The van der Waals surface area contributed by atoms with Crippen LogP contribution >= 0.6 is 11.6 Å². The first kappa shape index (κ1) is 19.6. The molecule has 1 saturated carbocycles. The van der Waals surface area contributed by atoms with E-state index >= 15 is 0 Å². The molecule has 0 N–H and O–H groups in total. The van der Waals surface area contributed by atoms with Crippen molar-refractivity contribution in [1.82, 2.24) is 0 Å². The van der Waals surface area contributed by atoms with Gasteiger partial charge in [-0.3, -0.25) is 19.7 Å². The third kappa shape index (κ3) is 3.31. The lowest BCUT2D eigenvalue weighted by Crippen LogP contribution is -2.39. The number of esters is 1. The van der Waals surface area contributed by atoms with Crippen LogP contribution in [0.4, 0.5) is 5.69 Å². The van der Waals surface area contributed by atoms with Gasteiger partial charge in [-0.2, -0.15) is 0 Å². The van der Waals surface area contributed by atoms with E-state index in [9.17, 15) is 19.7 Å². The number of ether oxygens (including phenoxy) is 1. The first-order valence-corrected chi connectivity index (χ1v) is 10.0. The van der Waals surface area contributed by atoms with Crippen molar-refractivity contribution in [2.45, 2.75) is 50.5 Å². The van der Waals surface area contributed by atoms with Gasteiger partial charge in [-0.15, -0.1) is 0 Å². The Morgan fingerprint density at radius 2 is 1.86 bits per heavy atom. The molecule has 1 saturated heterocycles. The van der Waals surface area contributed by atoms with E-state index in [1.165, 1.54) is 12.1 Å². The fourth-order valence-corrected chi connectivity index (χ4v) is 4.71. The van der Waals surface area contributed by atoms with E-state index in [1.807, 2.05) is 0 Å². The predicted octanol–water partition coefficient (Wildman–Crippen LogP) is 5.14. The Labute approximate surface area is 173 Å². The highest BCUT2D eigenvalue weighted by Gasteiger charge is 2.55. The van der Waals surface area contributed by atoms with Crippen molar-refractivity contribution in [2.75, 3.05) is 0 Å². The van der Waals surface area contributed by atoms with Crippen LogP contribution in [0.5, 0.6) is 0 Å². The lowest BCUT2D eigenvalue weighted by Gasteiger charge is -2.29. The Balaban J connectivity index is 1.73. The molecule has 150 valence electrons. The summed E-state index contributed by atoms with van der Waals surface area (Å²) < 4.78 is 5.61. The lowest BCUT2D eigenvalue weighted by atomic mass is 9.77. The summed E-state index contributed by atoms with van der Waals surface area (Å²) >= 11 is 6.49. The van der Waals surface area contributed by atoms with E-state index < -0.39 is 22.4 Å². The van der Waals surface area contributed by atoms with Gasteiger partial charge in [0.15, 0.2) is 11.4 Å². The highest BCUT2D eigenvalue weighted by Crippen LogP contribution is 2.45. The standard InChI is InChI=1S/C22H20ClNO5/c1-13-10-17(14-6-5-7-15(11-14)24(27)28)18(23)12-16(13)19-20(25)22(29-21(19)26)8-3-2-4-9-22/h5-7,10-12,19H,2-4,8-9H2,1H3. The molecule has 0 aromatic heterocycles. The summed E-state index contributed by atoms with van der Waals surface area (Å²) in [6, 6.07) is 9.58. The average Bonchev–Trinajstić information content (AvgIpc) is 2.93. The van der Waals surface area contributed by atoms with Crippen LogP contribution < -0.4 is 0 Å². The van der Waals surface area contributed by atoms with Gasteiger partial charge in [0.25, 0.3) is 5.69 Å². The van der Waals surface area contributed by atoms with Crippen molar-refractivity contribution >= 4 is 29.0 Å². The van der Waals surface area contributed by atoms with Gasteiger partial charge in [-0.05, 0) is 61.4 Å². The van der Waals surface area contributed by atoms with Crippen molar-refractivity contribution < 1.29 is 19.2 Å². The van der Waals surface area contributed by atoms with Crippen LogP contribution in [-0.4, -0.2) is 22.3 Å². The maximum atomic E-state index is 13.2. The minimum absolute atomic E-state index is 0.0333. The largest absolute Gasteiger partial charge is 0.450 e. The number of nitrogens with zero attached hydrogens (tertiary/aromatic N) is 1. The van der Waals surface area contributed by atoms with Crippen LogP contribution in [0.15, 0.2) is 36.4 Å². The van der Waals surface area contributed by atoms with Crippen LogP contribution in [0.1, 0.15) is 49.1 Å². The molecule has 1 spiro atoms. The zero-order valence-electron chi connectivity index (χ0n) is 15.9. The maximum absolute atomic E-state index is 13.2. The summed E-state index contributed by atoms with van der Waals surface area (Å²) in [6.07, 6.45) is 3.94. The Bertz CT molecular complexity index is 1030. The number of benzene rings is 2. The lowest BCUT2D eigenvalue weighted by molar-refractivity contribution is -0.384. The van der Waals surface area contributed by atoms with Crippen molar-refractivity contribution in [3.05, 3.63) is 62.7 Å². The van der Waals surface area contributed by atoms with Crippen LogP contribution in [0.25, 0.3) is 11.1 Å². The fraction of sp³-hybridized carbons (Fsp3) is 0.364. The molecular weight excluding hydrogens is 394 g/mol. The number of aryl methyl sites for hydroxylation is 1. The second-order valence-electron chi connectivity index (χ2n) is 7.77. The minimum atomic E-state index is -0.988. The monoisotopic (exact) mass is 413 g/mol. The number of nitro benzene ring substituents is 1. The van der Waals surface area contributed by atoms with Gasteiger partial charge >= 0.3 is 5.97 Å². The quantitative estimate of drug-likeness (QED) is 0.301. The number of hydrogen-bond acceptors (Lipinski definition) is 5. The third-order valence-electron chi connectivity index (χ3n) is 5.94. The van der Waals surface area contributed by atoms with E-state index in [1.54, 1.807) is 31.2 Å². The molecule has 2 aromatic carbocycles. The van der Waals surface area contributed by atoms with E-state index in [4.69, 9.17) is 16.3 Å². The van der Waals surface area contributed by atoms with E-state index in [-0.39, 0.29) is 11.5 Å².